The Balaban J connectivity index is 1.59. The third-order valence-electron chi connectivity index (χ3n) is 5.03. The van der Waals surface area contributed by atoms with Gasteiger partial charge in [-0.3, -0.25) is 0 Å². The van der Waals surface area contributed by atoms with Gasteiger partial charge in [0, 0.05) is 31.9 Å². The summed E-state index contributed by atoms with van der Waals surface area (Å²) < 4.78 is 13.7. The molecular formula is C23H30FN5O. The van der Waals surface area contributed by atoms with Gasteiger partial charge in [0.1, 0.15) is 5.82 Å². The molecular weight excluding hydrogens is 381 g/mol. The molecule has 1 saturated heterocycles. The second-order valence-electron chi connectivity index (χ2n) is 7.46. The molecule has 0 aromatic heterocycles. The third-order valence-corrected chi connectivity index (χ3v) is 5.03. The fourth-order valence-corrected chi connectivity index (χ4v) is 3.31. The Morgan fingerprint density at radius 1 is 1.10 bits per heavy atom. The smallest absolute Gasteiger partial charge is 0.321 e. The molecule has 1 aliphatic heterocycles. The Bertz CT molecular complexity index is 893. The Morgan fingerprint density at radius 2 is 1.90 bits per heavy atom. The van der Waals surface area contributed by atoms with Crippen LogP contribution in [-0.4, -0.2) is 36.5 Å². The number of aryl methyl sites for hydroxylation is 1. The number of urea groups is 1. The summed E-state index contributed by atoms with van der Waals surface area (Å²) >= 11 is 0. The summed E-state index contributed by atoms with van der Waals surface area (Å²) in [6.07, 6.45) is 2.13. The summed E-state index contributed by atoms with van der Waals surface area (Å²) in [5.74, 6) is 0.453. The van der Waals surface area contributed by atoms with Crippen LogP contribution in [0, 0.1) is 12.7 Å². The number of carbonyl (C=O) groups excluding carboxylic acids is 1. The van der Waals surface area contributed by atoms with Crippen molar-refractivity contribution in [3.63, 3.8) is 0 Å². The van der Waals surface area contributed by atoms with E-state index in [2.05, 4.69) is 20.9 Å². The molecule has 2 aromatic carbocycles. The molecule has 1 aliphatic rings. The molecule has 3 rings (SSSR count). The SMILES string of the molecule is CCNC(=NCc1cccc(NC(=O)N2CCCC2)c1)NCc1ccc(C)c(F)c1. The number of nitrogens with zero attached hydrogens (tertiary/aromatic N) is 2. The second-order valence-corrected chi connectivity index (χ2v) is 7.46. The summed E-state index contributed by atoms with van der Waals surface area (Å²) in [4.78, 5) is 18.7. The normalized spacial score (nSPS) is 14.0. The van der Waals surface area contributed by atoms with Gasteiger partial charge in [-0.25, -0.2) is 14.2 Å². The highest BCUT2D eigenvalue weighted by molar-refractivity contribution is 5.89. The number of hydrogen-bond donors (Lipinski definition) is 3. The van der Waals surface area contributed by atoms with E-state index in [1.54, 1.807) is 19.1 Å². The van der Waals surface area contributed by atoms with E-state index >= 15 is 0 Å². The molecule has 0 bridgehead atoms. The van der Waals surface area contributed by atoms with Crippen LogP contribution in [0.5, 0.6) is 0 Å². The van der Waals surface area contributed by atoms with Crippen LogP contribution in [0.1, 0.15) is 36.5 Å². The molecule has 1 heterocycles. The zero-order chi connectivity index (χ0) is 21.3. The van der Waals surface area contributed by atoms with Gasteiger partial charge in [-0.2, -0.15) is 0 Å². The Hall–Kier alpha value is -3.09. The van der Waals surface area contributed by atoms with Gasteiger partial charge in [0.25, 0.3) is 0 Å². The molecule has 0 aliphatic carbocycles. The molecule has 0 unspecified atom stereocenters. The highest BCUT2D eigenvalue weighted by Crippen LogP contribution is 2.15. The van der Waals surface area contributed by atoms with Crippen molar-refractivity contribution in [2.75, 3.05) is 25.0 Å². The maximum atomic E-state index is 13.7. The number of carbonyl (C=O) groups is 1. The molecule has 1 fully saturated rings. The van der Waals surface area contributed by atoms with E-state index in [-0.39, 0.29) is 11.8 Å². The van der Waals surface area contributed by atoms with E-state index in [0.717, 1.165) is 49.3 Å². The fourth-order valence-electron chi connectivity index (χ4n) is 3.31. The minimum Gasteiger partial charge on any atom is -0.357 e. The van der Waals surface area contributed by atoms with Crippen molar-refractivity contribution in [2.24, 2.45) is 4.99 Å². The lowest BCUT2D eigenvalue weighted by atomic mass is 10.1. The van der Waals surface area contributed by atoms with Gasteiger partial charge >= 0.3 is 6.03 Å². The maximum Gasteiger partial charge on any atom is 0.321 e. The average Bonchev–Trinajstić information content (AvgIpc) is 3.28. The third kappa shape index (κ3) is 6.20. The van der Waals surface area contributed by atoms with Crippen molar-refractivity contribution in [3.05, 3.63) is 65.0 Å². The van der Waals surface area contributed by atoms with Gasteiger partial charge < -0.3 is 20.9 Å². The molecule has 0 atom stereocenters. The zero-order valence-corrected chi connectivity index (χ0v) is 17.7. The summed E-state index contributed by atoms with van der Waals surface area (Å²) in [6, 6.07) is 12.9. The highest BCUT2D eigenvalue weighted by atomic mass is 19.1. The van der Waals surface area contributed by atoms with E-state index in [1.165, 1.54) is 0 Å². The lowest BCUT2D eigenvalue weighted by molar-refractivity contribution is 0.222. The highest BCUT2D eigenvalue weighted by Gasteiger charge is 2.17. The summed E-state index contributed by atoms with van der Waals surface area (Å²) in [5, 5.41) is 9.40. The lowest BCUT2D eigenvalue weighted by Gasteiger charge is -2.16. The van der Waals surface area contributed by atoms with Crippen LogP contribution in [0.25, 0.3) is 0 Å². The number of anilines is 1. The molecule has 2 aromatic rings. The fraction of sp³-hybridized carbons (Fsp3) is 0.391. The number of rotatable bonds is 6. The second kappa shape index (κ2) is 10.6. The van der Waals surface area contributed by atoms with Gasteiger partial charge in [0.15, 0.2) is 5.96 Å². The first-order valence-corrected chi connectivity index (χ1v) is 10.5. The topological polar surface area (TPSA) is 68.8 Å². The summed E-state index contributed by atoms with van der Waals surface area (Å²) in [7, 11) is 0. The largest absolute Gasteiger partial charge is 0.357 e. The molecule has 0 spiro atoms. The number of amides is 2. The molecule has 2 amide bonds. The van der Waals surface area contributed by atoms with Crippen molar-refractivity contribution >= 4 is 17.7 Å². The first kappa shape index (κ1) is 21.6. The molecule has 30 heavy (non-hydrogen) atoms. The van der Waals surface area contributed by atoms with Crippen molar-refractivity contribution in [1.82, 2.24) is 15.5 Å². The Morgan fingerprint density at radius 3 is 2.63 bits per heavy atom. The standard InChI is InChI=1S/C23H30FN5O/c1-3-25-22(27-16-19-10-9-17(2)21(24)14-19)26-15-18-7-6-8-20(13-18)28-23(30)29-11-4-5-12-29/h6-10,13-14H,3-5,11-12,15-16H2,1-2H3,(H,28,30)(H2,25,26,27). The van der Waals surface area contributed by atoms with E-state index in [9.17, 15) is 9.18 Å². The van der Waals surface area contributed by atoms with Gasteiger partial charge in [-0.05, 0) is 61.6 Å². The van der Waals surface area contributed by atoms with Gasteiger partial charge in [-0.1, -0.05) is 24.3 Å². The predicted octanol–water partition coefficient (Wildman–Crippen LogP) is 4.02. The van der Waals surface area contributed by atoms with Crippen LogP contribution in [-0.2, 0) is 13.1 Å². The molecule has 0 radical (unpaired) electrons. The molecule has 6 nitrogen and oxygen atoms in total. The monoisotopic (exact) mass is 411 g/mol. The van der Waals surface area contributed by atoms with Crippen molar-refractivity contribution in [2.45, 2.75) is 39.8 Å². The lowest BCUT2D eigenvalue weighted by Crippen LogP contribution is -2.36. The first-order chi connectivity index (χ1) is 14.5. The van der Waals surface area contributed by atoms with Crippen LogP contribution in [0.2, 0.25) is 0 Å². The van der Waals surface area contributed by atoms with E-state index in [0.29, 0.717) is 24.6 Å². The van der Waals surface area contributed by atoms with E-state index < -0.39 is 0 Å². The number of aliphatic imine (C=N–C) groups is 1. The number of likely N-dealkylation sites (tertiary alicyclic amines) is 1. The Labute approximate surface area is 177 Å². The predicted molar refractivity (Wildman–Crippen MR) is 119 cm³/mol. The minimum absolute atomic E-state index is 0.0477. The zero-order valence-electron chi connectivity index (χ0n) is 17.7. The number of halogens is 1. The number of benzene rings is 2. The number of guanidine groups is 1. The number of nitrogens with one attached hydrogen (secondary N) is 3. The molecule has 3 N–H and O–H groups in total. The Kier molecular flexibility index (Phi) is 7.65. The van der Waals surface area contributed by atoms with Crippen molar-refractivity contribution in [3.8, 4) is 0 Å². The van der Waals surface area contributed by atoms with Crippen LogP contribution in [0.3, 0.4) is 0 Å². The van der Waals surface area contributed by atoms with E-state index in [4.69, 9.17) is 0 Å². The average molecular weight is 412 g/mol. The van der Waals surface area contributed by atoms with Crippen LogP contribution >= 0.6 is 0 Å². The van der Waals surface area contributed by atoms with Gasteiger partial charge in [0.2, 0.25) is 0 Å². The summed E-state index contributed by atoms with van der Waals surface area (Å²) in [5.41, 5.74) is 3.26. The minimum atomic E-state index is -0.205. The van der Waals surface area contributed by atoms with Crippen LogP contribution in [0.4, 0.5) is 14.9 Å². The van der Waals surface area contributed by atoms with Gasteiger partial charge in [0.05, 0.1) is 6.54 Å². The summed E-state index contributed by atoms with van der Waals surface area (Å²) in [6.45, 7) is 7.05. The van der Waals surface area contributed by atoms with Crippen LogP contribution in [0.15, 0.2) is 47.5 Å². The van der Waals surface area contributed by atoms with E-state index in [1.807, 2.05) is 42.2 Å². The van der Waals surface area contributed by atoms with Crippen LogP contribution < -0.4 is 16.0 Å². The van der Waals surface area contributed by atoms with Crippen molar-refractivity contribution < 1.29 is 9.18 Å². The first-order valence-electron chi connectivity index (χ1n) is 10.5. The quantitative estimate of drug-likeness (QED) is 0.497. The maximum absolute atomic E-state index is 13.7. The van der Waals surface area contributed by atoms with Crippen molar-refractivity contribution in [1.29, 1.82) is 0 Å². The molecule has 7 heteroatoms. The molecule has 0 saturated carbocycles. The molecule has 160 valence electrons. The van der Waals surface area contributed by atoms with Gasteiger partial charge in [-0.15, -0.1) is 0 Å². The number of hydrogen-bond acceptors (Lipinski definition) is 2.